The minimum absolute atomic E-state index is 0.252. The van der Waals surface area contributed by atoms with E-state index in [4.69, 9.17) is 4.74 Å². The number of likely N-dealkylation sites (N-methyl/N-ethyl adjacent to an activating group) is 1. The third-order valence-electron chi connectivity index (χ3n) is 3.33. The van der Waals surface area contributed by atoms with Crippen molar-refractivity contribution in [2.24, 2.45) is 0 Å². The fraction of sp³-hybridized carbons (Fsp3) is 0.600. The molecule has 0 heterocycles. The molecular formula is C15H25NO. The van der Waals surface area contributed by atoms with Gasteiger partial charge < -0.3 is 9.64 Å². The van der Waals surface area contributed by atoms with Crippen LogP contribution < -0.4 is 4.74 Å². The Kier molecular flexibility index (Phi) is 5.01. The summed E-state index contributed by atoms with van der Waals surface area (Å²) in [5.41, 5.74) is 1.63. The van der Waals surface area contributed by atoms with Crippen LogP contribution >= 0.6 is 0 Å². The van der Waals surface area contributed by atoms with Crippen LogP contribution in [0.2, 0.25) is 0 Å². The van der Waals surface area contributed by atoms with Crippen LogP contribution in [0, 0.1) is 0 Å². The molecule has 1 rings (SSSR count). The Morgan fingerprint density at radius 3 is 2.18 bits per heavy atom. The van der Waals surface area contributed by atoms with Gasteiger partial charge in [-0.3, -0.25) is 0 Å². The van der Waals surface area contributed by atoms with E-state index in [1.807, 2.05) is 0 Å². The molecule has 1 aromatic rings. The lowest BCUT2D eigenvalue weighted by molar-refractivity contribution is 0.261. The lowest BCUT2D eigenvalue weighted by atomic mass is 9.82. The zero-order valence-electron chi connectivity index (χ0n) is 11.8. The number of hydrogen-bond acceptors (Lipinski definition) is 2. The van der Waals surface area contributed by atoms with Gasteiger partial charge in [-0.1, -0.05) is 32.9 Å². The van der Waals surface area contributed by atoms with Gasteiger partial charge in [-0.15, -0.1) is 0 Å². The third kappa shape index (κ3) is 4.39. The number of rotatable bonds is 6. The number of hydrogen-bond donors (Lipinski definition) is 0. The van der Waals surface area contributed by atoms with Gasteiger partial charge in [0.15, 0.2) is 0 Å². The maximum Gasteiger partial charge on any atom is 0.119 e. The zero-order valence-corrected chi connectivity index (χ0v) is 11.8. The van der Waals surface area contributed by atoms with Crippen molar-refractivity contribution < 1.29 is 4.74 Å². The molecule has 0 N–H and O–H groups in total. The van der Waals surface area contributed by atoms with E-state index in [-0.39, 0.29) is 5.41 Å². The van der Waals surface area contributed by atoms with Gasteiger partial charge in [0.25, 0.3) is 0 Å². The molecule has 2 heteroatoms. The van der Waals surface area contributed by atoms with Crippen molar-refractivity contribution in [1.29, 1.82) is 0 Å². The number of benzene rings is 1. The molecule has 0 aliphatic rings. The van der Waals surface area contributed by atoms with E-state index in [0.29, 0.717) is 0 Å². The Bertz CT molecular complexity index is 327. The van der Waals surface area contributed by atoms with Crippen LogP contribution in [0.5, 0.6) is 5.75 Å². The molecule has 0 spiro atoms. The minimum atomic E-state index is 0.252. The van der Waals surface area contributed by atoms with Crippen molar-refractivity contribution in [2.45, 2.75) is 32.6 Å². The van der Waals surface area contributed by atoms with Crippen LogP contribution in [0.3, 0.4) is 0 Å². The SMILES string of the molecule is CCC(C)(C)c1ccc(OCCN(C)C)cc1. The van der Waals surface area contributed by atoms with Gasteiger partial charge in [0, 0.05) is 6.54 Å². The van der Waals surface area contributed by atoms with E-state index in [2.05, 4.69) is 64.0 Å². The molecule has 1 aromatic carbocycles. The van der Waals surface area contributed by atoms with Gasteiger partial charge in [0.1, 0.15) is 12.4 Å². The molecular weight excluding hydrogens is 210 g/mol. The summed E-state index contributed by atoms with van der Waals surface area (Å²) in [5, 5.41) is 0. The molecule has 0 unspecified atom stereocenters. The first-order chi connectivity index (χ1) is 7.95. The second-order valence-electron chi connectivity index (χ2n) is 5.41. The average Bonchev–Trinajstić information content (AvgIpc) is 2.29. The van der Waals surface area contributed by atoms with Crippen molar-refractivity contribution in [3.05, 3.63) is 29.8 Å². The molecule has 17 heavy (non-hydrogen) atoms. The molecule has 0 aliphatic heterocycles. The lowest BCUT2D eigenvalue weighted by Gasteiger charge is -2.23. The van der Waals surface area contributed by atoms with E-state index in [1.54, 1.807) is 0 Å². The molecule has 0 amide bonds. The van der Waals surface area contributed by atoms with Gasteiger partial charge in [0.05, 0.1) is 0 Å². The first-order valence-electron chi connectivity index (χ1n) is 6.34. The maximum absolute atomic E-state index is 5.68. The standard InChI is InChI=1S/C15H25NO/c1-6-15(2,3)13-7-9-14(10-8-13)17-12-11-16(4)5/h7-10H,6,11-12H2,1-5H3. The molecule has 0 saturated carbocycles. The molecule has 0 saturated heterocycles. The zero-order chi connectivity index (χ0) is 12.9. The highest BCUT2D eigenvalue weighted by Gasteiger charge is 2.17. The predicted octanol–water partition coefficient (Wildman–Crippen LogP) is 3.31. The van der Waals surface area contributed by atoms with Crippen molar-refractivity contribution >= 4 is 0 Å². The summed E-state index contributed by atoms with van der Waals surface area (Å²) in [5.74, 6) is 0.961. The van der Waals surface area contributed by atoms with Crippen LogP contribution in [-0.2, 0) is 5.41 Å². The van der Waals surface area contributed by atoms with Crippen LogP contribution in [0.15, 0.2) is 24.3 Å². The van der Waals surface area contributed by atoms with Gasteiger partial charge in [-0.25, -0.2) is 0 Å². The monoisotopic (exact) mass is 235 g/mol. The summed E-state index contributed by atoms with van der Waals surface area (Å²) < 4.78 is 5.68. The summed E-state index contributed by atoms with van der Waals surface area (Å²) in [6, 6.07) is 8.49. The molecule has 0 aromatic heterocycles. The Hall–Kier alpha value is -1.02. The molecule has 0 fully saturated rings. The third-order valence-corrected chi connectivity index (χ3v) is 3.33. The Morgan fingerprint density at radius 1 is 1.12 bits per heavy atom. The Labute approximate surface area is 106 Å². The summed E-state index contributed by atoms with van der Waals surface area (Å²) in [6.07, 6.45) is 1.15. The summed E-state index contributed by atoms with van der Waals surface area (Å²) in [6.45, 7) is 8.46. The molecule has 2 nitrogen and oxygen atoms in total. The van der Waals surface area contributed by atoms with Crippen LogP contribution in [0.25, 0.3) is 0 Å². The average molecular weight is 235 g/mol. The van der Waals surface area contributed by atoms with Crippen molar-refractivity contribution in [1.82, 2.24) is 4.90 Å². The summed E-state index contributed by atoms with van der Waals surface area (Å²) in [4.78, 5) is 2.12. The highest BCUT2D eigenvalue weighted by Crippen LogP contribution is 2.27. The first kappa shape index (κ1) is 14.0. The Morgan fingerprint density at radius 2 is 1.71 bits per heavy atom. The number of ether oxygens (including phenoxy) is 1. The van der Waals surface area contributed by atoms with Crippen LogP contribution in [-0.4, -0.2) is 32.1 Å². The first-order valence-corrected chi connectivity index (χ1v) is 6.34. The fourth-order valence-corrected chi connectivity index (χ4v) is 1.55. The molecule has 0 atom stereocenters. The second-order valence-corrected chi connectivity index (χ2v) is 5.41. The fourth-order valence-electron chi connectivity index (χ4n) is 1.55. The minimum Gasteiger partial charge on any atom is -0.492 e. The maximum atomic E-state index is 5.68. The quantitative estimate of drug-likeness (QED) is 0.750. The molecule has 96 valence electrons. The van der Waals surface area contributed by atoms with E-state index in [0.717, 1.165) is 25.3 Å². The number of nitrogens with zero attached hydrogens (tertiary/aromatic N) is 1. The van der Waals surface area contributed by atoms with Gasteiger partial charge in [0.2, 0.25) is 0 Å². The van der Waals surface area contributed by atoms with E-state index in [9.17, 15) is 0 Å². The van der Waals surface area contributed by atoms with E-state index in [1.165, 1.54) is 5.56 Å². The molecule has 0 radical (unpaired) electrons. The largest absolute Gasteiger partial charge is 0.492 e. The van der Waals surface area contributed by atoms with Crippen molar-refractivity contribution in [3.63, 3.8) is 0 Å². The lowest BCUT2D eigenvalue weighted by Crippen LogP contribution is -2.19. The highest BCUT2D eigenvalue weighted by molar-refractivity contribution is 5.31. The van der Waals surface area contributed by atoms with Crippen LogP contribution in [0.4, 0.5) is 0 Å². The summed E-state index contributed by atoms with van der Waals surface area (Å²) >= 11 is 0. The van der Waals surface area contributed by atoms with E-state index < -0.39 is 0 Å². The Balaban J connectivity index is 2.56. The van der Waals surface area contributed by atoms with Crippen molar-refractivity contribution in [2.75, 3.05) is 27.2 Å². The smallest absolute Gasteiger partial charge is 0.119 e. The molecule has 0 aliphatic carbocycles. The predicted molar refractivity (Wildman–Crippen MR) is 73.8 cm³/mol. The van der Waals surface area contributed by atoms with Gasteiger partial charge in [-0.2, -0.15) is 0 Å². The van der Waals surface area contributed by atoms with Gasteiger partial charge in [-0.05, 0) is 43.6 Å². The van der Waals surface area contributed by atoms with Gasteiger partial charge >= 0.3 is 0 Å². The van der Waals surface area contributed by atoms with E-state index >= 15 is 0 Å². The summed E-state index contributed by atoms with van der Waals surface area (Å²) in [7, 11) is 4.10. The highest BCUT2D eigenvalue weighted by atomic mass is 16.5. The molecule has 0 bridgehead atoms. The van der Waals surface area contributed by atoms with Crippen molar-refractivity contribution in [3.8, 4) is 5.75 Å². The second kappa shape index (κ2) is 6.06. The van der Waals surface area contributed by atoms with Crippen LogP contribution in [0.1, 0.15) is 32.8 Å². The normalized spacial score (nSPS) is 11.9. The topological polar surface area (TPSA) is 12.5 Å².